The molecule has 0 radical (unpaired) electrons. The molecule has 1 aromatic carbocycles. The number of halogens is 3. The number of alkyl halides is 3. The van der Waals surface area contributed by atoms with Gasteiger partial charge in [0, 0.05) is 16.5 Å². The molecule has 6 nitrogen and oxygen atoms in total. The van der Waals surface area contributed by atoms with Crippen LogP contribution in [0.1, 0.15) is 11.7 Å². The van der Waals surface area contributed by atoms with Crippen molar-refractivity contribution in [2.24, 2.45) is 0 Å². The molecule has 2 aromatic heterocycles. The maximum Gasteiger partial charge on any atom is 0.418 e. The van der Waals surface area contributed by atoms with Crippen molar-refractivity contribution in [2.75, 3.05) is 13.7 Å². The van der Waals surface area contributed by atoms with Crippen LogP contribution in [0.15, 0.2) is 33.8 Å². The van der Waals surface area contributed by atoms with Crippen LogP contribution in [0.4, 0.5) is 13.2 Å². The van der Waals surface area contributed by atoms with E-state index < -0.39 is 24.9 Å². The average Bonchev–Trinajstić information content (AvgIpc) is 3.25. The van der Waals surface area contributed by atoms with Gasteiger partial charge in [-0.1, -0.05) is 6.07 Å². The number of oxazole rings is 1. The van der Waals surface area contributed by atoms with Gasteiger partial charge in [-0.15, -0.1) is 11.3 Å². The number of rotatable bonds is 5. The first kappa shape index (κ1) is 17.4. The Bertz CT molecular complexity index is 877. The minimum atomic E-state index is -4.75. The second-order valence-corrected chi connectivity index (χ2v) is 5.63. The van der Waals surface area contributed by atoms with E-state index in [0.717, 1.165) is 13.5 Å². The number of carbonyl (C=O) groups is 1. The SMILES string of the molecule is COC(=O)COC(c1ccc(-c2cscn2)c2ocnc12)C(F)(F)F. The number of methoxy groups -OCH3 is 1. The number of esters is 1. The van der Waals surface area contributed by atoms with E-state index in [4.69, 9.17) is 9.15 Å². The van der Waals surface area contributed by atoms with Crippen LogP contribution in [0, 0.1) is 0 Å². The number of fused-ring (bicyclic) bond motifs is 1. The van der Waals surface area contributed by atoms with Crippen molar-refractivity contribution in [3.63, 3.8) is 0 Å². The Labute approximate surface area is 143 Å². The molecule has 0 bridgehead atoms. The fourth-order valence-corrected chi connectivity index (χ4v) is 2.85. The Morgan fingerprint density at radius 1 is 1.36 bits per heavy atom. The molecule has 0 saturated heterocycles. The minimum Gasteiger partial charge on any atom is -0.467 e. The summed E-state index contributed by atoms with van der Waals surface area (Å²) in [6.45, 7) is -0.839. The van der Waals surface area contributed by atoms with Crippen molar-refractivity contribution < 1.29 is 31.9 Å². The third-order valence-electron chi connectivity index (χ3n) is 3.40. The lowest BCUT2D eigenvalue weighted by molar-refractivity contribution is -0.225. The monoisotopic (exact) mass is 372 g/mol. The van der Waals surface area contributed by atoms with E-state index in [0.29, 0.717) is 11.3 Å². The summed E-state index contributed by atoms with van der Waals surface area (Å²) in [7, 11) is 1.06. The molecule has 1 atom stereocenters. The van der Waals surface area contributed by atoms with Gasteiger partial charge in [0.15, 0.2) is 18.1 Å². The predicted octanol–water partition coefficient (Wildman–Crippen LogP) is 3.74. The number of benzene rings is 1. The summed E-state index contributed by atoms with van der Waals surface area (Å²) >= 11 is 1.34. The summed E-state index contributed by atoms with van der Waals surface area (Å²) in [5, 5.41) is 1.74. The first-order valence-corrected chi connectivity index (χ1v) is 7.86. The first-order chi connectivity index (χ1) is 11.9. The molecule has 0 saturated carbocycles. The van der Waals surface area contributed by atoms with Crippen LogP contribution in [0.5, 0.6) is 0 Å². The highest BCUT2D eigenvalue weighted by atomic mass is 32.1. The Morgan fingerprint density at radius 2 is 2.16 bits per heavy atom. The van der Waals surface area contributed by atoms with E-state index in [2.05, 4.69) is 14.7 Å². The van der Waals surface area contributed by atoms with Gasteiger partial charge in [-0.05, 0) is 6.07 Å². The maximum atomic E-state index is 13.4. The Hall–Kier alpha value is -2.46. The highest BCUT2D eigenvalue weighted by Gasteiger charge is 2.44. The quantitative estimate of drug-likeness (QED) is 0.635. The highest BCUT2D eigenvalue weighted by Crippen LogP contribution is 2.40. The molecule has 0 N–H and O–H groups in total. The molecule has 3 rings (SSSR count). The van der Waals surface area contributed by atoms with Gasteiger partial charge >= 0.3 is 12.1 Å². The molecule has 132 valence electrons. The van der Waals surface area contributed by atoms with Gasteiger partial charge in [-0.2, -0.15) is 13.2 Å². The van der Waals surface area contributed by atoms with Gasteiger partial charge in [-0.25, -0.2) is 14.8 Å². The van der Waals surface area contributed by atoms with Crippen LogP contribution in [0.3, 0.4) is 0 Å². The number of thiazole rings is 1. The second-order valence-electron chi connectivity index (χ2n) is 4.91. The average molecular weight is 372 g/mol. The molecular formula is C15H11F3N2O4S. The van der Waals surface area contributed by atoms with E-state index in [-0.39, 0.29) is 16.7 Å². The zero-order chi connectivity index (χ0) is 18.0. The molecule has 10 heteroatoms. The van der Waals surface area contributed by atoms with Gasteiger partial charge in [0.25, 0.3) is 0 Å². The third kappa shape index (κ3) is 3.49. The van der Waals surface area contributed by atoms with Crippen LogP contribution in [0.2, 0.25) is 0 Å². The number of aromatic nitrogens is 2. The van der Waals surface area contributed by atoms with Crippen molar-refractivity contribution in [2.45, 2.75) is 12.3 Å². The van der Waals surface area contributed by atoms with Crippen LogP contribution >= 0.6 is 11.3 Å². The van der Waals surface area contributed by atoms with Crippen LogP contribution in [0.25, 0.3) is 22.4 Å². The highest BCUT2D eigenvalue weighted by molar-refractivity contribution is 7.07. The maximum absolute atomic E-state index is 13.4. The number of ether oxygens (including phenoxy) is 2. The van der Waals surface area contributed by atoms with Gasteiger partial charge in [0.2, 0.25) is 0 Å². The van der Waals surface area contributed by atoms with E-state index >= 15 is 0 Å². The predicted molar refractivity (Wildman–Crippen MR) is 81.9 cm³/mol. The van der Waals surface area contributed by atoms with Crippen LogP contribution in [-0.2, 0) is 14.3 Å². The summed E-state index contributed by atoms with van der Waals surface area (Å²) in [6.07, 6.45) is -6.04. The number of carbonyl (C=O) groups excluding carboxylic acids is 1. The molecule has 2 heterocycles. The van der Waals surface area contributed by atoms with Crippen molar-refractivity contribution in [1.29, 1.82) is 0 Å². The summed E-state index contributed by atoms with van der Waals surface area (Å²) in [6, 6.07) is 2.70. The van der Waals surface area contributed by atoms with E-state index in [9.17, 15) is 18.0 Å². The molecule has 0 spiro atoms. The van der Waals surface area contributed by atoms with E-state index in [1.54, 1.807) is 10.9 Å². The molecule has 0 aliphatic heterocycles. The van der Waals surface area contributed by atoms with Gasteiger partial charge in [0.05, 0.1) is 18.3 Å². The van der Waals surface area contributed by atoms with Crippen molar-refractivity contribution in [3.8, 4) is 11.3 Å². The molecule has 0 fully saturated rings. The normalized spacial score (nSPS) is 13.1. The second kappa shape index (κ2) is 6.81. The van der Waals surface area contributed by atoms with Crippen molar-refractivity contribution >= 4 is 28.4 Å². The van der Waals surface area contributed by atoms with Gasteiger partial charge < -0.3 is 13.9 Å². The molecule has 3 aromatic rings. The van der Waals surface area contributed by atoms with Crippen LogP contribution < -0.4 is 0 Å². The van der Waals surface area contributed by atoms with Gasteiger partial charge in [0.1, 0.15) is 12.1 Å². The molecular weight excluding hydrogens is 361 g/mol. The number of hydrogen-bond donors (Lipinski definition) is 0. The third-order valence-corrected chi connectivity index (χ3v) is 3.99. The summed E-state index contributed by atoms with van der Waals surface area (Å²) in [4.78, 5) is 19.2. The molecule has 0 aliphatic carbocycles. The molecule has 0 aliphatic rings. The smallest absolute Gasteiger partial charge is 0.418 e. The lowest BCUT2D eigenvalue weighted by Gasteiger charge is -2.21. The number of nitrogens with zero attached hydrogens (tertiary/aromatic N) is 2. The summed E-state index contributed by atoms with van der Waals surface area (Å²) in [5.74, 6) is -0.912. The topological polar surface area (TPSA) is 74.5 Å². The molecule has 0 amide bonds. The Balaban J connectivity index is 2.05. The number of hydrogen-bond acceptors (Lipinski definition) is 7. The first-order valence-electron chi connectivity index (χ1n) is 6.91. The van der Waals surface area contributed by atoms with Crippen molar-refractivity contribution in [1.82, 2.24) is 9.97 Å². The van der Waals surface area contributed by atoms with E-state index in [1.807, 2.05) is 0 Å². The minimum absolute atomic E-state index is 0.00214. The zero-order valence-corrected chi connectivity index (χ0v) is 13.6. The Kier molecular flexibility index (Phi) is 4.73. The van der Waals surface area contributed by atoms with Gasteiger partial charge in [-0.3, -0.25) is 0 Å². The fourth-order valence-electron chi connectivity index (χ4n) is 2.30. The fraction of sp³-hybridized carbons (Fsp3) is 0.267. The van der Waals surface area contributed by atoms with E-state index in [1.165, 1.54) is 23.5 Å². The largest absolute Gasteiger partial charge is 0.467 e. The Morgan fingerprint density at radius 3 is 2.80 bits per heavy atom. The summed E-state index contributed by atoms with van der Waals surface area (Å²) < 4.78 is 54.6. The van der Waals surface area contributed by atoms with Crippen LogP contribution in [-0.4, -0.2) is 35.8 Å². The molecule has 25 heavy (non-hydrogen) atoms. The standard InChI is InChI=1S/C15H11F3N2O4S/c1-22-11(21)4-23-14(15(16,17)18)9-3-2-8(10-5-25-7-20-10)13-12(9)19-6-24-13/h2-3,5-7,14H,4H2,1H3. The lowest BCUT2D eigenvalue weighted by atomic mass is 10.0. The lowest BCUT2D eigenvalue weighted by Crippen LogP contribution is -2.26. The molecule has 1 unspecified atom stereocenters. The zero-order valence-electron chi connectivity index (χ0n) is 12.7. The van der Waals surface area contributed by atoms with Crippen molar-refractivity contribution in [3.05, 3.63) is 35.0 Å². The summed E-state index contributed by atoms with van der Waals surface area (Å²) in [5.41, 5.74) is 2.60.